The fourth-order valence-corrected chi connectivity index (χ4v) is 3.53. The molecule has 0 atom stereocenters. The van der Waals surface area contributed by atoms with E-state index in [-0.39, 0.29) is 0 Å². The second-order valence-electron chi connectivity index (χ2n) is 6.07. The number of aromatic nitrogens is 4. The van der Waals surface area contributed by atoms with Gasteiger partial charge in [-0.2, -0.15) is 0 Å². The van der Waals surface area contributed by atoms with Gasteiger partial charge in [-0.3, -0.25) is 4.57 Å². The third kappa shape index (κ3) is 5.13. The summed E-state index contributed by atoms with van der Waals surface area (Å²) in [6, 6.07) is 10.0. The van der Waals surface area contributed by atoms with E-state index in [1.807, 2.05) is 34.9 Å². The predicted octanol–water partition coefficient (Wildman–Crippen LogP) is 2.64. The minimum Gasteiger partial charge on any atom is -0.357 e. The van der Waals surface area contributed by atoms with Crippen LogP contribution < -0.4 is 10.6 Å². The van der Waals surface area contributed by atoms with Gasteiger partial charge in [0.05, 0.1) is 10.7 Å². The quantitative estimate of drug-likeness (QED) is 0.484. The van der Waals surface area contributed by atoms with Gasteiger partial charge >= 0.3 is 0 Å². The van der Waals surface area contributed by atoms with Gasteiger partial charge in [-0.15, -0.1) is 21.5 Å². The molecule has 1 aromatic carbocycles. The molecule has 2 heterocycles. The molecule has 0 aliphatic carbocycles. The van der Waals surface area contributed by atoms with Crippen LogP contribution in [0.5, 0.6) is 0 Å². The van der Waals surface area contributed by atoms with Gasteiger partial charge in [-0.05, 0) is 32.9 Å². The first-order chi connectivity index (χ1) is 13.2. The zero-order valence-corrected chi connectivity index (χ0v) is 16.8. The number of hydrogen-bond donors (Lipinski definition) is 2. The van der Waals surface area contributed by atoms with Crippen molar-refractivity contribution < 1.29 is 0 Å². The van der Waals surface area contributed by atoms with Crippen molar-refractivity contribution in [2.45, 2.75) is 33.7 Å². The number of nitrogens with one attached hydrogen (secondary N) is 2. The molecule has 0 saturated heterocycles. The zero-order chi connectivity index (χ0) is 19.1. The summed E-state index contributed by atoms with van der Waals surface area (Å²) in [5.41, 5.74) is 2.15. The molecule has 0 saturated carbocycles. The maximum Gasteiger partial charge on any atom is 0.191 e. The number of aliphatic imine (C=N–C) groups is 1. The lowest BCUT2D eigenvalue weighted by atomic mass is 10.3. The molecule has 8 heteroatoms. The van der Waals surface area contributed by atoms with E-state index in [0.717, 1.165) is 47.7 Å². The zero-order valence-electron chi connectivity index (χ0n) is 15.9. The summed E-state index contributed by atoms with van der Waals surface area (Å²) in [6.45, 7) is 8.24. The molecule has 0 aliphatic heterocycles. The van der Waals surface area contributed by atoms with Crippen molar-refractivity contribution >= 4 is 17.3 Å². The Morgan fingerprint density at radius 3 is 2.70 bits per heavy atom. The van der Waals surface area contributed by atoms with Crippen LogP contribution in [0.4, 0.5) is 0 Å². The van der Waals surface area contributed by atoms with Crippen LogP contribution in [-0.4, -0.2) is 38.8 Å². The SMILES string of the molecule is CCNC(=NCc1nncn1-c1ccccc1)NCCc1nc(C)c(C)s1. The van der Waals surface area contributed by atoms with Crippen LogP contribution in [-0.2, 0) is 13.0 Å². The molecule has 0 fully saturated rings. The van der Waals surface area contributed by atoms with Crippen LogP contribution in [0.15, 0.2) is 41.7 Å². The number of thiazole rings is 1. The lowest BCUT2D eigenvalue weighted by molar-refractivity contribution is 0.781. The van der Waals surface area contributed by atoms with Crippen molar-refractivity contribution in [1.29, 1.82) is 0 Å². The number of rotatable bonds is 7. The minimum atomic E-state index is 0.444. The first-order valence-electron chi connectivity index (χ1n) is 9.06. The summed E-state index contributed by atoms with van der Waals surface area (Å²) in [5, 5.41) is 16.0. The Kier molecular flexibility index (Phi) is 6.54. The van der Waals surface area contributed by atoms with E-state index >= 15 is 0 Å². The van der Waals surface area contributed by atoms with Crippen LogP contribution in [0.1, 0.15) is 28.3 Å². The van der Waals surface area contributed by atoms with Gasteiger partial charge in [-0.25, -0.2) is 9.98 Å². The van der Waals surface area contributed by atoms with Gasteiger partial charge < -0.3 is 10.6 Å². The Balaban J connectivity index is 1.62. The summed E-state index contributed by atoms with van der Waals surface area (Å²) >= 11 is 1.76. The Bertz CT molecular complexity index is 863. The normalized spacial score (nSPS) is 11.6. The third-order valence-corrected chi connectivity index (χ3v) is 5.21. The standard InChI is InChI=1S/C19H25N7S/c1-4-20-19(21-11-10-18-24-14(2)15(3)27-18)22-12-17-25-23-13-26(17)16-8-6-5-7-9-16/h5-9,13H,4,10-12H2,1-3H3,(H2,20,21,22). The van der Waals surface area contributed by atoms with Gasteiger partial charge in [0.25, 0.3) is 0 Å². The summed E-state index contributed by atoms with van der Waals surface area (Å²) in [6.07, 6.45) is 2.59. The molecule has 2 aromatic heterocycles. The predicted molar refractivity (Wildman–Crippen MR) is 109 cm³/mol. The van der Waals surface area contributed by atoms with Crippen LogP contribution in [0.2, 0.25) is 0 Å². The summed E-state index contributed by atoms with van der Waals surface area (Å²) in [7, 11) is 0. The highest BCUT2D eigenvalue weighted by atomic mass is 32.1. The van der Waals surface area contributed by atoms with Gasteiger partial charge in [-0.1, -0.05) is 18.2 Å². The van der Waals surface area contributed by atoms with Crippen molar-refractivity contribution in [3.05, 3.63) is 58.1 Å². The van der Waals surface area contributed by atoms with Crippen molar-refractivity contribution in [3.8, 4) is 5.69 Å². The molecule has 7 nitrogen and oxygen atoms in total. The van der Waals surface area contributed by atoms with Crippen molar-refractivity contribution in [3.63, 3.8) is 0 Å². The van der Waals surface area contributed by atoms with E-state index in [4.69, 9.17) is 0 Å². The Hall–Kier alpha value is -2.74. The lowest BCUT2D eigenvalue weighted by Crippen LogP contribution is -2.38. The Labute approximate surface area is 163 Å². The molecule has 142 valence electrons. The van der Waals surface area contributed by atoms with Gasteiger partial charge in [0.15, 0.2) is 11.8 Å². The number of guanidine groups is 1. The molecule has 0 bridgehead atoms. The molecule has 0 radical (unpaired) electrons. The van der Waals surface area contributed by atoms with E-state index in [1.54, 1.807) is 17.7 Å². The van der Waals surface area contributed by atoms with Crippen LogP contribution in [0, 0.1) is 13.8 Å². The number of benzene rings is 1. The molecular formula is C19H25N7S. The minimum absolute atomic E-state index is 0.444. The van der Waals surface area contributed by atoms with E-state index in [0.29, 0.717) is 6.54 Å². The molecule has 0 amide bonds. The topological polar surface area (TPSA) is 80.0 Å². The van der Waals surface area contributed by atoms with E-state index < -0.39 is 0 Å². The van der Waals surface area contributed by atoms with Gasteiger partial charge in [0.1, 0.15) is 12.9 Å². The summed E-state index contributed by atoms with van der Waals surface area (Å²) < 4.78 is 1.95. The van der Waals surface area contributed by atoms with E-state index in [2.05, 4.69) is 51.6 Å². The molecule has 0 aliphatic rings. The molecule has 3 aromatic rings. The van der Waals surface area contributed by atoms with Crippen LogP contribution >= 0.6 is 11.3 Å². The molecule has 3 rings (SSSR count). The highest BCUT2D eigenvalue weighted by Gasteiger charge is 2.07. The highest BCUT2D eigenvalue weighted by Crippen LogP contribution is 2.16. The third-order valence-electron chi connectivity index (χ3n) is 4.08. The second kappa shape index (κ2) is 9.27. The van der Waals surface area contributed by atoms with Gasteiger partial charge in [0, 0.05) is 30.1 Å². The summed E-state index contributed by atoms with van der Waals surface area (Å²) in [4.78, 5) is 10.5. The average molecular weight is 384 g/mol. The van der Waals surface area contributed by atoms with Crippen molar-refractivity contribution in [2.24, 2.45) is 4.99 Å². The molecule has 27 heavy (non-hydrogen) atoms. The average Bonchev–Trinajstić information content (AvgIpc) is 3.27. The number of aryl methyl sites for hydroxylation is 2. The van der Waals surface area contributed by atoms with Crippen molar-refractivity contribution in [1.82, 2.24) is 30.4 Å². The highest BCUT2D eigenvalue weighted by molar-refractivity contribution is 7.11. The monoisotopic (exact) mass is 383 g/mol. The van der Waals surface area contributed by atoms with E-state index in [1.165, 1.54) is 4.88 Å². The number of nitrogens with zero attached hydrogens (tertiary/aromatic N) is 5. The molecule has 0 unspecified atom stereocenters. The van der Waals surface area contributed by atoms with Crippen molar-refractivity contribution in [2.75, 3.05) is 13.1 Å². The molecular weight excluding hydrogens is 358 g/mol. The Morgan fingerprint density at radius 2 is 2.00 bits per heavy atom. The maximum atomic E-state index is 4.65. The fourth-order valence-electron chi connectivity index (χ4n) is 2.60. The van der Waals surface area contributed by atoms with Crippen LogP contribution in [0.25, 0.3) is 5.69 Å². The second-order valence-corrected chi connectivity index (χ2v) is 7.36. The van der Waals surface area contributed by atoms with E-state index in [9.17, 15) is 0 Å². The smallest absolute Gasteiger partial charge is 0.191 e. The lowest BCUT2D eigenvalue weighted by Gasteiger charge is -2.11. The number of hydrogen-bond acceptors (Lipinski definition) is 5. The van der Waals surface area contributed by atoms with Gasteiger partial charge in [0.2, 0.25) is 0 Å². The first kappa shape index (κ1) is 19.0. The summed E-state index contributed by atoms with van der Waals surface area (Å²) in [5.74, 6) is 1.56. The Morgan fingerprint density at radius 1 is 1.19 bits per heavy atom. The van der Waals surface area contributed by atoms with Crippen LogP contribution in [0.3, 0.4) is 0 Å². The first-order valence-corrected chi connectivity index (χ1v) is 9.88. The molecule has 0 spiro atoms. The number of para-hydroxylation sites is 1. The fraction of sp³-hybridized carbons (Fsp3) is 0.368. The largest absolute Gasteiger partial charge is 0.357 e. The molecule has 2 N–H and O–H groups in total. The maximum absolute atomic E-state index is 4.65.